The molecule has 0 radical (unpaired) electrons. The lowest BCUT2D eigenvalue weighted by molar-refractivity contribution is -0.137. The first kappa shape index (κ1) is 19.8. The van der Waals surface area contributed by atoms with Gasteiger partial charge in [0, 0.05) is 5.92 Å². The average Bonchev–Trinajstić information content (AvgIpc) is 3.00. The highest BCUT2D eigenvalue weighted by atomic mass is 32.2. The molecule has 2 aliphatic rings. The molecule has 1 unspecified atom stereocenters. The summed E-state index contributed by atoms with van der Waals surface area (Å²) < 4.78 is 44.4. The fourth-order valence-corrected chi connectivity index (χ4v) is 4.91. The van der Waals surface area contributed by atoms with Crippen LogP contribution in [0.1, 0.15) is 41.0 Å². The number of hydrogen-bond donors (Lipinski definition) is 1. The van der Waals surface area contributed by atoms with E-state index in [4.69, 9.17) is 4.74 Å². The molecule has 1 saturated heterocycles. The number of fused-ring (bicyclic) bond motifs is 1. The summed E-state index contributed by atoms with van der Waals surface area (Å²) >= 11 is 1.03. The number of nitrogens with one attached hydrogen (secondary N) is 1. The van der Waals surface area contributed by atoms with E-state index >= 15 is 0 Å². The van der Waals surface area contributed by atoms with Gasteiger partial charge in [-0.1, -0.05) is 17.8 Å². The van der Waals surface area contributed by atoms with Gasteiger partial charge in [0.1, 0.15) is 16.7 Å². The molecule has 1 heterocycles. The molecular weight excluding hydrogens is 403 g/mol. The zero-order valence-electron chi connectivity index (χ0n) is 15.5. The number of carbonyl (C=O) groups excluding carboxylic acids is 2. The Hall–Kier alpha value is -2.48. The predicted molar refractivity (Wildman–Crippen MR) is 103 cm³/mol. The number of rotatable bonds is 3. The highest BCUT2D eigenvalue weighted by molar-refractivity contribution is 8.15. The topological polar surface area (TPSA) is 55.4 Å². The SMILES string of the molecule is Cc1cc(C(F)(F)F)ccc1Oc1ccc2c(c1)CCC[C@H]2C1SC(=O)NC1=O. The van der Waals surface area contributed by atoms with Gasteiger partial charge in [0.2, 0.25) is 5.91 Å². The molecule has 1 aliphatic carbocycles. The Morgan fingerprint density at radius 2 is 1.93 bits per heavy atom. The van der Waals surface area contributed by atoms with Crippen molar-refractivity contribution < 1.29 is 27.5 Å². The molecular formula is C21H18F3NO3S. The van der Waals surface area contributed by atoms with Crippen molar-refractivity contribution in [3.05, 3.63) is 58.7 Å². The second-order valence-corrected chi connectivity index (χ2v) is 8.37. The Morgan fingerprint density at radius 1 is 1.14 bits per heavy atom. The van der Waals surface area contributed by atoms with Crippen molar-refractivity contribution in [1.29, 1.82) is 0 Å². The molecule has 0 bridgehead atoms. The number of hydrogen-bond acceptors (Lipinski definition) is 4. The first-order chi connectivity index (χ1) is 13.7. The van der Waals surface area contributed by atoms with Gasteiger partial charge in [0.05, 0.1) is 5.56 Å². The van der Waals surface area contributed by atoms with Crippen molar-refractivity contribution in [1.82, 2.24) is 5.32 Å². The van der Waals surface area contributed by atoms with Gasteiger partial charge in [-0.25, -0.2) is 0 Å². The molecule has 1 fully saturated rings. The Labute approximate surface area is 169 Å². The van der Waals surface area contributed by atoms with Crippen LogP contribution in [0.15, 0.2) is 36.4 Å². The smallest absolute Gasteiger partial charge is 0.416 e. The van der Waals surface area contributed by atoms with Gasteiger partial charge < -0.3 is 4.74 Å². The van der Waals surface area contributed by atoms with Crippen LogP contribution in [-0.4, -0.2) is 16.4 Å². The summed E-state index contributed by atoms with van der Waals surface area (Å²) in [6.45, 7) is 1.58. The summed E-state index contributed by atoms with van der Waals surface area (Å²) in [5.41, 5.74) is 1.75. The number of benzene rings is 2. The van der Waals surface area contributed by atoms with Gasteiger partial charge >= 0.3 is 6.18 Å². The number of aryl methyl sites for hydroxylation is 2. The molecule has 1 aliphatic heterocycles. The van der Waals surface area contributed by atoms with Crippen molar-refractivity contribution in [3.63, 3.8) is 0 Å². The van der Waals surface area contributed by atoms with E-state index in [1.54, 1.807) is 13.0 Å². The number of amides is 2. The zero-order chi connectivity index (χ0) is 20.8. The Balaban J connectivity index is 1.57. The highest BCUT2D eigenvalue weighted by Crippen LogP contribution is 2.42. The lowest BCUT2D eigenvalue weighted by Crippen LogP contribution is -2.30. The van der Waals surface area contributed by atoms with Gasteiger partial charge in [-0.3, -0.25) is 14.9 Å². The van der Waals surface area contributed by atoms with Crippen LogP contribution in [0.4, 0.5) is 18.0 Å². The quantitative estimate of drug-likeness (QED) is 0.703. The first-order valence-corrected chi connectivity index (χ1v) is 10.1. The molecule has 0 spiro atoms. The fraction of sp³-hybridized carbons (Fsp3) is 0.333. The van der Waals surface area contributed by atoms with Crippen LogP contribution in [0.2, 0.25) is 0 Å². The summed E-state index contributed by atoms with van der Waals surface area (Å²) in [4.78, 5) is 23.6. The number of imide groups is 1. The third-order valence-electron chi connectivity index (χ3n) is 5.29. The summed E-state index contributed by atoms with van der Waals surface area (Å²) in [5, 5.41) is 1.60. The fourth-order valence-electron chi connectivity index (χ4n) is 3.91. The number of thioether (sulfide) groups is 1. The molecule has 4 nitrogen and oxygen atoms in total. The number of alkyl halides is 3. The van der Waals surface area contributed by atoms with Crippen LogP contribution in [-0.2, 0) is 17.4 Å². The lowest BCUT2D eigenvalue weighted by Gasteiger charge is -2.28. The molecule has 152 valence electrons. The van der Waals surface area contributed by atoms with Crippen LogP contribution in [0.3, 0.4) is 0 Å². The van der Waals surface area contributed by atoms with Crippen molar-refractivity contribution in [2.75, 3.05) is 0 Å². The highest BCUT2D eigenvalue weighted by Gasteiger charge is 2.40. The Morgan fingerprint density at radius 3 is 2.59 bits per heavy atom. The maximum Gasteiger partial charge on any atom is 0.416 e. The van der Waals surface area contributed by atoms with Crippen LogP contribution >= 0.6 is 11.8 Å². The van der Waals surface area contributed by atoms with Crippen LogP contribution < -0.4 is 10.1 Å². The monoisotopic (exact) mass is 421 g/mol. The molecule has 2 aromatic carbocycles. The summed E-state index contributed by atoms with van der Waals surface area (Å²) in [5.74, 6) is 0.601. The van der Waals surface area contributed by atoms with Gasteiger partial charge in [-0.05, 0) is 73.2 Å². The van der Waals surface area contributed by atoms with Gasteiger partial charge in [-0.2, -0.15) is 13.2 Å². The van der Waals surface area contributed by atoms with E-state index in [-0.39, 0.29) is 17.1 Å². The molecule has 8 heteroatoms. The van der Waals surface area contributed by atoms with Crippen molar-refractivity contribution in [2.45, 2.75) is 43.5 Å². The van der Waals surface area contributed by atoms with Crippen LogP contribution in [0.25, 0.3) is 0 Å². The zero-order valence-corrected chi connectivity index (χ0v) is 16.3. The minimum absolute atomic E-state index is 0.0444. The summed E-state index contributed by atoms with van der Waals surface area (Å²) in [7, 11) is 0. The lowest BCUT2D eigenvalue weighted by atomic mass is 9.80. The summed E-state index contributed by atoms with van der Waals surface area (Å²) in [6.07, 6.45) is -1.86. The maximum atomic E-state index is 12.8. The molecule has 2 aromatic rings. The second-order valence-electron chi connectivity index (χ2n) is 7.25. The van der Waals surface area contributed by atoms with E-state index in [9.17, 15) is 22.8 Å². The first-order valence-electron chi connectivity index (χ1n) is 9.22. The van der Waals surface area contributed by atoms with Crippen LogP contribution in [0, 0.1) is 6.92 Å². The third kappa shape index (κ3) is 3.99. The van der Waals surface area contributed by atoms with E-state index in [1.807, 2.05) is 12.1 Å². The van der Waals surface area contributed by atoms with Gasteiger partial charge in [-0.15, -0.1) is 0 Å². The number of ether oxygens (including phenoxy) is 1. The summed E-state index contributed by atoms with van der Waals surface area (Å²) in [6, 6.07) is 8.92. The molecule has 0 aromatic heterocycles. The standard InChI is InChI=1S/C21H18F3NO3S/c1-11-9-13(21(22,23)24)5-8-17(11)28-14-6-7-15-12(10-14)3-2-4-16(15)18-19(26)25-20(27)29-18/h5-10,16,18H,2-4H2,1H3,(H,25,26,27)/t16-,18?/m1/s1. The van der Waals surface area contributed by atoms with E-state index in [1.165, 1.54) is 6.07 Å². The van der Waals surface area contributed by atoms with Crippen molar-refractivity contribution >= 4 is 22.9 Å². The maximum absolute atomic E-state index is 12.8. The molecule has 2 atom stereocenters. The van der Waals surface area contributed by atoms with Crippen molar-refractivity contribution in [3.8, 4) is 11.5 Å². The Kier molecular flexibility index (Phi) is 5.06. The van der Waals surface area contributed by atoms with Gasteiger partial charge in [0.25, 0.3) is 5.24 Å². The molecule has 29 heavy (non-hydrogen) atoms. The predicted octanol–water partition coefficient (Wildman–Crippen LogP) is 5.58. The molecule has 1 N–H and O–H groups in total. The molecule has 4 rings (SSSR count). The van der Waals surface area contributed by atoms with Gasteiger partial charge in [0.15, 0.2) is 0 Å². The van der Waals surface area contributed by atoms with E-state index < -0.39 is 17.0 Å². The number of halogens is 3. The molecule has 2 amide bonds. The largest absolute Gasteiger partial charge is 0.457 e. The van der Waals surface area contributed by atoms with E-state index in [2.05, 4.69) is 5.32 Å². The van der Waals surface area contributed by atoms with Crippen molar-refractivity contribution in [2.24, 2.45) is 0 Å². The minimum Gasteiger partial charge on any atom is -0.457 e. The minimum atomic E-state index is -4.39. The normalized spacial score (nSPS) is 21.7. The third-order valence-corrected chi connectivity index (χ3v) is 6.40. The van der Waals surface area contributed by atoms with E-state index in [0.29, 0.717) is 17.1 Å². The Bertz CT molecular complexity index is 990. The van der Waals surface area contributed by atoms with E-state index in [0.717, 1.165) is 54.3 Å². The molecule has 0 saturated carbocycles. The second kappa shape index (κ2) is 7.40. The van der Waals surface area contributed by atoms with Crippen LogP contribution in [0.5, 0.6) is 11.5 Å². The number of carbonyl (C=O) groups is 2. The average molecular weight is 421 g/mol.